The number of rotatable bonds is 72. The molecule has 0 heterocycles. The lowest BCUT2D eigenvalue weighted by Gasteiger charge is -2.39. The highest BCUT2D eigenvalue weighted by Crippen LogP contribution is 2.30. The number of hydrogen-bond donors (Lipinski definition) is 2. The Balaban J connectivity index is 6.64. The molecule has 3 unspecified atom stereocenters. The summed E-state index contributed by atoms with van der Waals surface area (Å²) in [5.74, 6) is -1.70. The summed E-state index contributed by atoms with van der Waals surface area (Å²) in [5, 5.41) is 5.66. The van der Waals surface area contributed by atoms with Crippen LogP contribution >= 0.6 is 0 Å². The van der Waals surface area contributed by atoms with Gasteiger partial charge >= 0.3 is 61.7 Å². The molecule has 0 aliphatic rings. The molecule has 0 bridgehead atoms. The van der Waals surface area contributed by atoms with Crippen molar-refractivity contribution in [1.29, 1.82) is 0 Å². The van der Waals surface area contributed by atoms with E-state index >= 15 is 0 Å². The van der Waals surface area contributed by atoms with Crippen LogP contribution in [-0.2, 0) is 101 Å². The maximum atomic E-state index is 14.0. The quantitative estimate of drug-likeness (QED) is 0.0188. The lowest BCUT2D eigenvalue weighted by Crippen LogP contribution is -2.53. The molecule has 0 aromatic heterocycles. The van der Waals surface area contributed by atoms with Gasteiger partial charge in [0.1, 0.15) is 44.7 Å². The van der Waals surface area contributed by atoms with Gasteiger partial charge in [-0.15, -0.1) is 0 Å². The number of amides is 2. The van der Waals surface area contributed by atoms with Crippen molar-refractivity contribution in [3.05, 3.63) is 25.3 Å². The van der Waals surface area contributed by atoms with Crippen LogP contribution in [0.2, 0.25) is 156 Å². The standard InChI is InChI=1S/C75H156N2O24Si9/c1-24-69(78)89-60-58-85-51-37-36-49-84-50-38-40-53-92-74(82)76-47-34-30-26-28-32-45-71(80)94-65-67(87-55-42-62-108(21,96-102(3,4)5)97-103(6,7)8)73(91-57-44-64-110(23,100-106(15,16)17)101-107(18,19)20)68(88-56-43-63-109(22,98-104(9,10)11)99-105(12,13)14)66-95-72(81)46-33-29-27-31-35-48-77-75(83)93-54-41-39-52-86-59-61-90-70(79)25-2/h24-25,67-68,73H,1-2,26-66H2,3-23H3,(H,76,82)(H,77,83). The van der Waals surface area contributed by atoms with Gasteiger partial charge in [-0.25, -0.2) is 19.2 Å². The molecular formula is C75H156N2O24Si9. The van der Waals surface area contributed by atoms with Crippen molar-refractivity contribution in [2.24, 2.45) is 0 Å². The van der Waals surface area contributed by atoms with Crippen molar-refractivity contribution >= 4 is 112 Å². The van der Waals surface area contributed by atoms with E-state index in [1.807, 2.05) is 0 Å². The molecule has 0 saturated carbocycles. The van der Waals surface area contributed by atoms with Gasteiger partial charge < -0.3 is 92.2 Å². The molecular weight excluding hydrogens is 1570 g/mol. The molecule has 0 aromatic carbocycles. The van der Waals surface area contributed by atoms with Gasteiger partial charge in [-0.05, 0) is 239 Å². The van der Waals surface area contributed by atoms with Crippen LogP contribution in [-0.4, -0.2) is 242 Å². The molecule has 0 fully saturated rings. The Morgan fingerprint density at radius 3 is 0.864 bits per heavy atom. The minimum Gasteiger partial charge on any atom is -0.463 e. The number of hydrogen-bond acceptors (Lipinski definition) is 24. The van der Waals surface area contributed by atoms with Crippen LogP contribution in [0.1, 0.15) is 135 Å². The van der Waals surface area contributed by atoms with Gasteiger partial charge in [0.25, 0.3) is 0 Å². The Labute approximate surface area is 674 Å². The van der Waals surface area contributed by atoms with Gasteiger partial charge in [0.2, 0.25) is 0 Å². The topological polar surface area (TPSA) is 293 Å². The highest BCUT2D eigenvalue weighted by atomic mass is 28.5. The van der Waals surface area contributed by atoms with Crippen LogP contribution in [0, 0.1) is 0 Å². The maximum absolute atomic E-state index is 14.0. The van der Waals surface area contributed by atoms with Crippen LogP contribution in [0.5, 0.6) is 0 Å². The summed E-state index contributed by atoms with van der Waals surface area (Å²) in [5.41, 5.74) is 0. The van der Waals surface area contributed by atoms with E-state index in [-0.39, 0.29) is 84.2 Å². The van der Waals surface area contributed by atoms with Crippen LogP contribution in [0.3, 0.4) is 0 Å². The van der Waals surface area contributed by atoms with Crippen molar-refractivity contribution in [1.82, 2.24) is 10.6 Å². The molecule has 0 aliphatic carbocycles. The van der Waals surface area contributed by atoms with Gasteiger partial charge in [-0.2, -0.15) is 0 Å². The molecule has 0 aliphatic heterocycles. The molecule has 0 aromatic rings. The lowest BCUT2D eigenvalue weighted by molar-refractivity contribution is -0.180. The Hall–Kier alpha value is -2.63. The van der Waals surface area contributed by atoms with E-state index in [0.29, 0.717) is 122 Å². The number of ether oxygens (including phenoxy) is 12. The molecule has 3 atom stereocenters. The summed E-state index contributed by atoms with van der Waals surface area (Å²) in [6.45, 7) is 57.9. The van der Waals surface area contributed by atoms with E-state index in [0.717, 1.165) is 82.8 Å². The fourth-order valence-corrected chi connectivity index (χ4v) is 49.6. The van der Waals surface area contributed by atoms with Crippen molar-refractivity contribution < 1.29 is 110 Å². The number of unbranched alkanes of at least 4 members (excludes halogenated alkanes) is 11. The third-order valence-electron chi connectivity index (χ3n) is 15.6. The monoisotopic (exact) mass is 1720 g/mol. The van der Waals surface area contributed by atoms with Crippen LogP contribution in [0.25, 0.3) is 0 Å². The Bertz CT molecular complexity index is 2450. The SMILES string of the molecule is C=CC(=O)OCCOCCCCOCCCCOC(=O)NCCCCCCCC(=O)OCC(OCCC[Si](C)(O[Si](C)(C)C)O[Si](C)(C)C)C(OCCC[Si](C)(O[Si](C)(C)C)O[Si](C)(C)C)C(COC(=O)CCCCCCCNC(=O)OCCCCOCCOC(=O)C=C)OCCC[Si](C)(O[Si](C)(C)C)O[Si](C)(C)C. The van der Waals surface area contributed by atoms with Crippen molar-refractivity contribution in [2.45, 2.75) is 309 Å². The summed E-state index contributed by atoms with van der Waals surface area (Å²) in [7, 11) is -20.3. The predicted octanol–water partition coefficient (Wildman–Crippen LogP) is 16.7. The zero-order valence-electron chi connectivity index (χ0n) is 72.6. The molecule has 2 amide bonds. The second-order valence-electron chi connectivity index (χ2n) is 34.4. The van der Waals surface area contributed by atoms with E-state index in [9.17, 15) is 28.8 Å². The zero-order chi connectivity index (χ0) is 83.2. The Morgan fingerprint density at radius 1 is 0.291 bits per heavy atom. The van der Waals surface area contributed by atoms with Crippen molar-refractivity contribution in [2.75, 3.05) is 112 Å². The number of esters is 4. The van der Waals surface area contributed by atoms with Crippen LogP contribution in [0.15, 0.2) is 25.3 Å². The lowest BCUT2D eigenvalue weighted by atomic mass is 10.1. The molecule has 0 spiro atoms. The Kier molecular flexibility index (Phi) is 57.7. The van der Waals surface area contributed by atoms with Gasteiger partial charge in [0, 0.05) is 84.3 Å². The first-order valence-corrected chi connectivity index (χ1v) is 68.8. The highest BCUT2D eigenvalue weighted by Gasteiger charge is 2.44. The van der Waals surface area contributed by atoms with Crippen molar-refractivity contribution in [3.63, 3.8) is 0 Å². The van der Waals surface area contributed by atoms with E-state index in [4.69, 9.17) is 81.5 Å². The second-order valence-corrected chi connectivity index (χ2v) is 72.9. The largest absolute Gasteiger partial charge is 0.463 e. The van der Waals surface area contributed by atoms with Gasteiger partial charge in [-0.3, -0.25) is 9.59 Å². The summed E-state index contributed by atoms with van der Waals surface area (Å²) < 4.78 is 112. The van der Waals surface area contributed by atoms with E-state index < -0.39 is 118 Å². The molecule has 0 radical (unpaired) electrons. The third-order valence-corrected chi connectivity index (χ3v) is 44.4. The molecule has 110 heavy (non-hydrogen) atoms. The average Bonchev–Trinajstić information content (AvgIpc) is 0.849. The summed E-state index contributed by atoms with van der Waals surface area (Å²) in [4.78, 5) is 74.9. The molecule has 646 valence electrons. The number of carbonyl (C=O) groups excluding carboxylic acids is 6. The number of carbonyl (C=O) groups is 6. The van der Waals surface area contributed by atoms with Gasteiger partial charge in [0.15, 0.2) is 49.9 Å². The minimum atomic E-state index is -2.71. The van der Waals surface area contributed by atoms with E-state index in [1.54, 1.807) is 0 Å². The molecule has 35 heteroatoms. The predicted molar refractivity (Wildman–Crippen MR) is 457 cm³/mol. The molecule has 26 nitrogen and oxygen atoms in total. The minimum absolute atomic E-state index is 0.147. The van der Waals surface area contributed by atoms with Crippen LogP contribution < -0.4 is 10.6 Å². The van der Waals surface area contributed by atoms with E-state index in [2.05, 4.69) is 161 Å². The van der Waals surface area contributed by atoms with Gasteiger partial charge in [-0.1, -0.05) is 51.7 Å². The fraction of sp³-hybridized carbons (Fsp3) is 0.867. The summed E-state index contributed by atoms with van der Waals surface area (Å²) in [6, 6.07) is 2.04. The third kappa shape index (κ3) is 67.5. The smallest absolute Gasteiger partial charge is 0.407 e. The first-order valence-electron chi connectivity index (χ1n) is 40.8. The Morgan fingerprint density at radius 2 is 0.564 bits per heavy atom. The average molecular weight is 1720 g/mol. The number of alkyl carbamates (subject to hydrolysis) is 2. The maximum Gasteiger partial charge on any atom is 0.407 e. The first-order chi connectivity index (χ1) is 51.3. The van der Waals surface area contributed by atoms with E-state index in [1.165, 1.54) is 0 Å². The second kappa shape index (κ2) is 59.1. The molecule has 0 saturated heterocycles. The number of nitrogens with one attached hydrogen (secondary N) is 2. The molecule has 2 N–H and O–H groups in total. The van der Waals surface area contributed by atoms with Crippen molar-refractivity contribution in [3.8, 4) is 0 Å². The highest BCUT2D eigenvalue weighted by molar-refractivity contribution is 6.89. The van der Waals surface area contributed by atoms with Crippen LogP contribution in [0.4, 0.5) is 9.59 Å². The molecule has 0 rings (SSSR count). The normalized spacial score (nSPS) is 13.6. The zero-order valence-corrected chi connectivity index (χ0v) is 81.6. The fourth-order valence-electron chi connectivity index (χ4n) is 12.1. The summed E-state index contributed by atoms with van der Waals surface area (Å²) >= 11 is 0. The first kappa shape index (κ1) is 107. The summed E-state index contributed by atoms with van der Waals surface area (Å²) in [6.07, 6.45) is 13.1. The van der Waals surface area contributed by atoms with Gasteiger partial charge in [0.05, 0.1) is 26.4 Å².